The maximum Gasteiger partial charge on any atom is 0.251 e. The van der Waals surface area contributed by atoms with E-state index in [1.807, 2.05) is 4.90 Å². The van der Waals surface area contributed by atoms with E-state index < -0.39 is 0 Å². The number of amides is 1. The van der Waals surface area contributed by atoms with E-state index in [0.29, 0.717) is 25.1 Å². The van der Waals surface area contributed by atoms with Crippen LogP contribution < -0.4 is 0 Å². The molecule has 3 nitrogen and oxygen atoms in total. The van der Waals surface area contributed by atoms with E-state index in [1.54, 1.807) is 0 Å². The van der Waals surface area contributed by atoms with Gasteiger partial charge >= 0.3 is 0 Å². The average Bonchev–Trinajstić information content (AvgIpc) is 2.39. The molecule has 1 aliphatic heterocycles. The fourth-order valence-electron chi connectivity index (χ4n) is 2.41. The van der Waals surface area contributed by atoms with E-state index in [0.717, 1.165) is 32.1 Å². The van der Waals surface area contributed by atoms with Crippen LogP contribution in [0.5, 0.6) is 0 Å². The SMILES string of the molecule is CCC(CC)N(CCCl)C(=O)C1CCCCO1. The van der Waals surface area contributed by atoms with E-state index in [1.165, 1.54) is 0 Å². The summed E-state index contributed by atoms with van der Waals surface area (Å²) in [5.41, 5.74) is 0. The Hall–Kier alpha value is -0.280. The maximum absolute atomic E-state index is 12.4. The van der Waals surface area contributed by atoms with Crippen molar-refractivity contribution in [2.45, 2.75) is 58.1 Å². The molecule has 0 spiro atoms. The molecule has 0 saturated carbocycles. The van der Waals surface area contributed by atoms with Gasteiger partial charge in [0.15, 0.2) is 0 Å². The molecule has 1 aliphatic rings. The maximum atomic E-state index is 12.4. The summed E-state index contributed by atoms with van der Waals surface area (Å²) < 4.78 is 5.57. The van der Waals surface area contributed by atoms with Gasteiger partial charge in [-0.3, -0.25) is 4.79 Å². The van der Waals surface area contributed by atoms with Crippen molar-refractivity contribution in [1.82, 2.24) is 4.90 Å². The summed E-state index contributed by atoms with van der Waals surface area (Å²) >= 11 is 5.80. The molecule has 0 N–H and O–H groups in total. The number of carbonyl (C=O) groups is 1. The largest absolute Gasteiger partial charge is 0.368 e. The molecule has 1 unspecified atom stereocenters. The van der Waals surface area contributed by atoms with Gasteiger partial charge in [-0.15, -0.1) is 11.6 Å². The lowest BCUT2D eigenvalue weighted by molar-refractivity contribution is -0.148. The van der Waals surface area contributed by atoms with Gasteiger partial charge in [-0.05, 0) is 32.1 Å². The molecule has 0 aromatic carbocycles. The Bertz CT molecular complexity index is 225. The second kappa shape index (κ2) is 7.93. The number of carbonyl (C=O) groups excluding carboxylic acids is 1. The van der Waals surface area contributed by atoms with Gasteiger partial charge in [-0.2, -0.15) is 0 Å². The predicted molar refractivity (Wildman–Crippen MR) is 70.4 cm³/mol. The Balaban J connectivity index is 2.63. The van der Waals surface area contributed by atoms with Crippen molar-refractivity contribution in [1.29, 1.82) is 0 Å². The quantitative estimate of drug-likeness (QED) is 0.688. The first-order valence-corrected chi connectivity index (χ1v) is 7.26. The van der Waals surface area contributed by atoms with Crippen molar-refractivity contribution in [3.63, 3.8) is 0 Å². The standard InChI is InChI=1S/C13H24ClNO2/c1-3-11(4-2)15(9-8-14)13(16)12-7-5-6-10-17-12/h11-12H,3-10H2,1-2H3. The van der Waals surface area contributed by atoms with E-state index in [9.17, 15) is 4.79 Å². The minimum Gasteiger partial charge on any atom is -0.368 e. The molecule has 0 aromatic heterocycles. The van der Waals surface area contributed by atoms with Gasteiger partial charge in [0.05, 0.1) is 0 Å². The minimum atomic E-state index is -0.229. The fraction of sp³-hybridized carbons (Fsp3) is 0.923. The van der Waals surface area contributed by atoms with Crippen LogP contribution in [0.1, 0.15) is 46.0 Å². The number of hydrogen-bond donors (Lipinski definition) is 0. The smallest absolute Gasteiger partial charge is 0.251 e. The summed E-state index contributed by atoms with van der Waals surface area (Å²) in [6.45, 7) is 5.58. The highest BCUT2D eigenvalue weighted by atomic mass is 35.5. The van der Waals surface area contributed by atoms with Crippen LogP contribution in [0, 0.1) is 0 Å². The zero-order valence-corrected chi connectivity index (χ0v) is 11.7. The van der Waals surface area contributed by atoms with Crippen molar-refractivity contribution >= 4 is 17.5 Å². The first kappa shape index (κ1) is 14.8. The number of hydrogen-bond acceptors (Lipinski definition) is 2. The van der Waals surface area contributed by atoms with Crippen molar-refractivity contribution < 1.29 is 9.53 Å². The van der Waals surface area contributed by atoms with E-state index in [2.05, 4.69) is 13.8 Å². The van der Waals surface area contributed by atoms with Crippen LogP contribution in [0.15, 0.2) is 0 Å². The molecular weight excluding hydrogens is 238 g/mol. The Morgan fingerprint density at radius 3 is 2.59 bits per heavy atom. The lowest BCUT2D eigenvalue weighted by Gasteiger charge is -2.34. The van der Waals surface area contributed by atoms with E-state index in [4.69, 9.17) is 16.3 Å². The molecule has 1 amide bonds. The minimum absolute atomic E-state index is 0.138. The van der Waals surface area contributed by atoms with Crippen LogP contribution in [0.3, 0.4) is 0 Å². The highest BCUT2D eigenvalue weighted by Gasteiger charge is 2.29. The predicted octanol–water partition coefficient (Wildman–Crippen LogP) is 2.81. The second-order valence-electron chi connectivity index (χ2n) is 4.55. The number of halogens is 1. The summed E-state index contributed by atoms with van der Waals surface area (Å²) in [5, 5.41) is 0. The topological polar surface area (TPSA) is 29.5 Å². The number of rotatable bonds is 6. The molecule has 0 aromatic rings. The lowest BCUT2D eigenvalue weighted by atomic mass is 10.1. The fourth-order valence-corrected chi connectivity index (χ4v) is 2.60. The second-order valence-corrected chi connectivity index (χ2v) is 4.92. The molecular formula is C13H24ClNO2. The normalized spacial score (nSPS) is 20.6. The lowest BCUT2D eigenvalue weighted by Crippen LogP contribution is -2.47. The molecule has 1 atom stereocenters. The highest BCUT2D eigenvalue weighted by molar-refractivity contribution is 6.18. The van der Waals surface area contributed by atoms with E-state index in [-0.39, 0.29) is 12.0 Å². The third-order valence-corrected chi connectivity index (χ3v) is 3.62. The molecule has 4 heteroatoms. The molecule has 0 aliphatic carbocycles. The van der Waals surface area contributed by atoms with Gasteiger partial charge in [-0.25, -0.2) is 0 Å². The van der Waals surface area contributed by atoms with Gasteiger partial charge in [0, 0.05) is 25.1 Å². The van der Waals surface area contributed by atoms with Crippen molar-refractivity contribution in [3.05, 3.63) is 0 Å². The molecule has 100 valence electrons. The summed E-state index contributed by atoms with van der Waals surface area (Å²) in [4.78, 5) is 14.3. The first-order chi connectivity index (χ1) is 8.24. The van der Waals surface area contributed by atoms with Crippen LogP contribution in [0.4, 0.5) is 0 Å². The summed E-state index contributed by atoms with van der Waals surface area (Å²) in [7, 11) is 0. The monoisotopic (exact) mass is 261 g/mol. The van der Waals surface area contributed by atoms with Crippen molar-refractivity contribution in [2.75, 3.05) is 19.0 Å². The van der Waals surface area contributed by atoms with Gasteiger partial charge in [0.25, 0.3) is 5.91 Å². The van der Waals surface area contributed by atoms with Gasteiger partial charge in [-0.1, -0.05) is 13.8 Å². The van der Waals surface area contributed by atoms with Gasteiger partial charge < -0.3 is 9.64 Å². The molecule has 1 heterocycles. The van der Waals surface area contributed by atoms with Crippen LogP contribution in [-0.4, -0.2) is 42.0 Å². The summed E-state index contributed by atoms with van der Waals surface area (Å²) in [6, 6.07) is 0.298. The van der Waals surface area contributed by atoms with Gasteiger partial charge in [0.2, 0.25) is 0 Å². The molecule has 1 rings (SSSR count). The molecule has 17 heavy (non-hydrogen) atoms. The Kier molecular flexibility index (Phi) is 6.90. The van der Waals surface area contributed by atoms with Crippen LogP contribution in [0.25, 0.3) is 0 Å². The Morgan fingerprint density at radius 2 is 2.12 bits per heavy atom. The Labute approximate surface area is 109 Å². The number of alkyl halides is 1. The Morgan fingerprint density at radius 1 is 1.41 bits per heavy atom. The van der Waals surface area contributed by atoms with Crippen LogP contribution >= 0.6 is 11.6 Å². The van der Waals surface area contributed by atoms with Gasteiger partial charge in [0.1, 0.15) is 6.10 Å². The highest BCUT2D eigenvalue weighted by Crippen LogP contribution is 2.18. The first-order valence-electron chi connectivity index (χ1n) is 6.72. The third kappa shape index (κ3) is 4.14. The molecule has 0 bridgehead atoms. The number of nitrogens with zero attached hydrogens (tertiary/aromatic N) is 1. The van der Waals surface area contributed by atoms with Crippen molar-refractivity contribution in [3.8, 4) is 0 Å². The molecule has 1 fully saturated rings. The van der Waals surface area contributed by atoms with E-state index >= 15 is 0 Å². The van der Waals surface area contributed by atoms with Crippen LogP contribution in [0.2, 0.25) is 0 Å². The van der Waals surface area contributed by atoms with Crippen molar-refractivity contribution in [2.24, 2.45) is 0 Å². The average molecular weight is 262 g/mol. The zero-order valence-electron chi connectivity index (χ0n) is 11.0. The molecule has 0 radical (unpaired) electrons. The summed E-state index contributed by atoms with van der Waals surface area (Å²) in [5.74, 6) is 0.633. The zero-order chi connectivity index (χ0) is 12.7. The summed E-state index contributed by atoms with van der Waals surface area (Å²) in [6.07, 6.45) is 4.75. The molecule has 1 saturated heterocycles. The number of ether oxygens (including phenoxy) is 1. The third-order valence-electron chi connectivity index (χ3n) is 3.45. The van der Waals surface area contributed by atoms with Crippen LogP contribution in [-0.2, 0) is 9.53 Å².